The molecule has 8 nitrogen and oxygen atoms in total. The summed E-state index contributed by atoms with van der Waals surface area (Å²) in [5, 5.41) is 7.88. The number of rotatable bonds is 6. The fourth-order valence-electron chi connectivity index (χ4n) is 3.58. The molecule has 0 aliphatic heterocycles. The average molecular weight is 556 g/mol. The molecule has 0 amide bonds. The Kier molecular flexibility index (Phi) is 8.21. The first-order valence-electron chi connectivity index (χ1n) is 10.5. The molecule has 1 aromatic carbocycles. The van der Waals surface area contributed by atoms with Crippen molar-refractivity contribution in [1.82, 2.24) is 34.9 Å². The van der Waals surface area contributed by atoms with Gasteiger partial charge in [-0.25, -0.2) is 14.6 Å². The van der Waals surface area contributed by atoms with Gasteiger partial charge in [0, 0.05) is 32.5 Å². The Morgan fingerprint density at radius 2 is 1.88 bits per heavy atom. The number of pyridine rings is 1. The summed E-state index contributed by atoms with van der Waals surface area (Å²) in [7, 11) is 3.77. The van der Waals surface area contributed by atoms with Crippen molar-refractivity contribution in [3.8, 4) is 17.1 Å². The van der Waals surface area contributed by atoms with Gasteiger partial charge in [0.25, 0.3) is 0 Å². The van der Waals surface area contributed by atoms with Gasteiger partial charge in [0.05, 0.1) is 24.1 Å². The molecule has 0 saturated heterocycles. The molecular formula is C24H29IN8. The Hall–Kier alpha value is -3.21. The molecule has 0 aliphatic rings. The van der Waals surface area contributed by atoms with Crippen LogP contribution in [0.5, 0.6) is 0 Å². The topological polar surface area (TPSA) is 87.0 Å². The number of aliphatic imine (C=N–C) groups is 1. The first-order chi connectivity index (χ1) is 15.5. The highest BCUT2D eigenvalue weighted by molar-refractivity contribution is 14.0. The number of imidazole rings is 1. The first kappa shape index (κ1) is 24.4. The Labute approximate surface area is 211 Å². The lowest BCUT2D eigenvalue weighted by molar-refractivity contribution is 0.464. The summed E-state index contributed by atoms with van der Waals surface area (Å²) in [6.45, 7) is 5.24. The van der Waals surface area contributed by atoms with Crippen molar-refractivity contribution in [3.05, 3.63) is 83.7 Å². The van der Waals surface area contributed by atoms with Gasteiger partial charge >= 0.3 is 0 Å². The monoisotopic (exact) mass is 556 g/mol. The lowest BCUT2D eigenvalue weighted by Crippen LogP contribution is -2.38. The molecular weight excluding hydrogens is 527 g/mol. The molecule has 172 valence electrons. The standard InChI is InChI=1S/C24H28N8.HI/c1-17-12-18(2)32(30-17)23-11-10-19(13-27-23)14-28-24(25-3)31(4)16-22-26-15-21(29-22)20-8-6-5-7-9-20;/h5-13,15H,14,16H2,1-4H3,(H,25,28)(H,26,29);1H. The molecule has 3 aromatic heterocycles. The van der Waals surface area contributed by atoms with E-state index in [1.165, 1.54) is 0 Å². The Morgan fingerprint density at radius 1 is 1.09 bits per heavy atom. The number of aryl methyl sites for hydroxylation is 2. The zero-order chi connectivity index (χ0) is 22.5. The molecule has 0 fully saturated rings. The third-order valence-corrected chi connectivity index (χ3v) is 5.16. The number of nitrogens with zero attached hydrogens (tertiary/aromatic N) is 6. The van der Waals surface area contributed by atoms with Gasteiger partial charge in [-0.15, -0.1) is 24.0 Å². The van der Waals surface area contributed by atoms with Gasteiger partial charge in [-0.05, 0) is 37.1 Å². The van der Waals surface area contributed by atoms with Crippen LogP contribution in [0, 0.1) is 13.8 Å². The van der Waals surface area contributed by atoms with E-state index in [0.717, 1.165) is 45.8 Å². The predicted molar refractivity (Wildman–Crippen MR) is 142 cm³/mol. The minimum Gasteiger partial charge on any atom is -0.352 e. The maximum Gasteiger partial charge on any atom is 0.194 e. The summed E-state index contributed by atoms with van der Waals surface area (Å²) in [6.07, 6.45) is 3.73. The van der Waals surface area contributed by atoms with E-state index in [1.54, 1.807) is 7.05 Å². The zero-order valence-corrected chi connectivity index (χ0v) is 21.6. The average Bonchev–Trinajstić information content (AvgIpc) is 3.41. The van der Waals surface area contributed by atoms with E-state index in [9.17, 15) is 0 Å². The van der Waals surface area contributed by atoms with Crippen LogP contribution >= 0.6 is 24.0 Å². The highest BCUT2D eigenvalue weighted by atomic mass is 127. The Bertz CT molecular complexity index is 1190. The van der Waals surface area contributed by atoms with Crippen LogP contribution in [-0.2, 0) is 13.1 Å². The number of hydrogen-bond donors (Lipinski definition) is 2. The van der Waals surface area contributed by atoms with Crippen LogP contribution in [0.4, 0.5) is 0 Å². The summed E-state index contributed by atoms with van der Waals surface area (Å²) < 4.78 is 1.85. The van der Waals surface area contributed by atoms with Crippen molar-refractivity contribution in [2.24, 2.45) is 4.99 Å². The van der Waals surface area contributed by atoms with Crippen molar-refractivity contribution >= 4 is 29.9 Å². The smallest absolute Gasteiger partial charge is 0.194 e. The summed E-state index contributed by atoms with van der Waals surface area (Å²) in [5.41, 5.74) is 5.23. The fraction of sp³-hybridized carbons (Fsp3) is 0.250. The van der Waals surface area contributed by atoms with Crippen molar-refractivity contribution in [1.29, 1.82) is 0 Å². The largest absolute Gasteiger partial charge is 0.352 e. The van der Waals surface area contributed by atoms with E-state index in [0.29, 0.717) is 13.1 Å². The van der Waals surface area contributed by atoms with E-state index in [2.05, 4.69) is 48.6 Å². The molecule has 0 radical (unpaired) electrons. The second-order valence-corrected chi connectivity index (χ2v) is 7.73. The number of H-pyrrole nitrogens is 1. The molecule has 0 bridgehead atoms. The van der Waals surface area contributed by atoms with E-state index in [4.69, 9.17) is 0 Å². The fourth-order valence-corrected chi connectivity index (χ4v) is 3.58. The number of halogens is 1. The van der Waals surface area contributed by atoms with Crippen molar-refractivity contribution in [2.75, 3.05) is 14.1 Å². The van der Waals surface area contributed by atoms with Crippen LogP contribution in [-0.4, -0.2) is 49.7 Å². The summed E-state index contributed by atoms with van der Waals surface area (Å²) in [4.78, 5) is 18.9. The molecule has 0 saturated carbocycles. The lowest BCUT2D eigenvalue weighted by Gasteiger charge is -2.21. The van der Waals surface area contributed by atoms with Gasteiger partial charge in [0.2, 0.25) is 0 Å². The second-order valence-electron chi connectivity index (χ2n) is 7.73. The van der Waals surface area contributed by atoms with Crippen molar-refractivity contribution in [3.63, 3.8) is 0 Å². The molecule has 33 heavy (non-hydrogen) atoms. The minimum atomic E-state index is 0. The molecule has 0 atom stereocenters. The molecule has 3 heterocycles. The van der Waals surface area contributed by atoms with Gasteiger partial charge in [-0.1, -0.05) is 36.4 Å². The third kappa shape index (κ3) is 5.98. The van der Waals surface area contributed by atoms with E-state index >= 15 is 0 Å². The van der Waals surface area contributed by atoms with Gasteiger partial charge in [0.15, 0.2) is 11.8 Å². The van der Waals surface area contributed by atoms with Gasteiger partial charge in [-0.3, -0.25) is 4.99 Å². The molecule has 0 spiro atoms. The normalized spacial score (nSPS) is 11.2. The van der Waals surface area contributed by atoms with Crippen LogP contribution < -0.4 is 5.32 Å². The molecule has 4 aromatic rings. The van der Waals surface area contributed by atoms with E-state index in [1.807, 2.05) is 73.2 Å². The number of nitrogens with one attached hydrogen (secondary N) is 2. The number of aromatic nitrogens is 5. The first-order valence-corrected chi connectivity index (χ1v) is 10.5. The highest BCUT2D eigenvalue weighted by Gasteiger charge is 2.10. The minimum absolute atomic E-state index is 0. The maximum absolute atomic E-state index is 4.56. The SMILES string of the molecule is CN=C(NCc1ccc(-n2nc(C)cc2C)nc1)N(C)Cc1ncc(-c2ccccc2)[nH]1.I. The van der Waals surface area contributed by atoms with Crippen LogP contribution in [0.25, 0.3) is 17.1 Å². The number of guanidine groups is 1. The number of aromatic amines is 1. The van der Waals surface area contributed by atoms with Crippen LogP contribution in [0.2, 0.25) is 0 Å². The van der Waals surface area contributed by atoms with E-state index in [-0.39, 0.29) is 24.0 Å². The van der Waals surface area contributed by atoms with Crippen molar-refractivity contribution in [2.45, 2.75) is 26.9 Å². The zero-order valence-electron chi connectivity index (χ0n) is 19.3. The molecule has 2 N–H and O–H groups in total. The maximum atomic E-state index is 4.56. The number of hydrogen-bond acceptors (Lipinski definition) is 4. The molecule has 0 unspecified atom stereocenters. The van der Waals surface area contributed by atoms with Gasteiger partial charge in [0.1, 0.15) is 5.82 Å². The molecule has 9 heteroatoms. The Morgan fingerprint density at radius 3 is 2.52 bits per heavy atom. The summed E-state index contributed by atoms with van der Waals surface area (Å²) >= 11 is 0. The molecule has 0 aliphatic carbocycles. The van der Waals surface area contributed by atoms with Crippen LogP contribution in [0.1, 0.15) is 22.8 Å². The second kappa shape index (κ2) is 11.1. The number of benzene rings is 1. The van der Waals surface area contributed by atoms with Gasteiger partial charge < -0.3 is 15.2 Å². The summed E-state index contributed by atoms with van der Waals surface area (Å²) in [6, 6.07) is 16.3. The van der Waals surface area contributed by atoms with Crippen LogP contribution in [0.15, 0.2) is 65.9 Å². The van der Waals surface area contributed by atoms with Crippen LogP contribution in [0.3, 0.4) is 0 Å². The predicted octanol–water partition coefficient (Wildman–Crippen LogP) is 4.10. The highest BCUT2D eigenvalue weighted by Crippen LogP contribution is 2.16. The lowest BCUT2D eigenvalue weighted by atomic mass is 10.2. The third-order valence-electron chi connectivity index (χ3n) is 5.16. The molecule has 4 rings (SSSR count). The van der Waals surface area contributed by atoms with Crippen molar-refractivity contribution < 1.29 is 0 Å². The van der Waals surface area contributed by atoms with E-state index < -0.39 is 0 Å². The Balaban J connectivity index is 0.00000306. The quantitative estimate of drug-likeness (QED) is 0.212. The summed E-state index contributed by atoms with van der Waals surface area (Å²) in [5.74, 6) is 2.48. The van der Waals surface area contributed by atoms with Gasteiger partial charge in [-0.2, -0.15) is 5.10 Å².